The summed E-state index contributed by atoms with van der Waals surface area (Å²) in [4.78, 5) is 0. The first-order chi connectivity index (χ1) is 8.61. The molecule has 0 fully saturated rings. The summed E-state index contributed by atoms with van der Waals surface area (Å²) in [5.41, 5.74) is 1.96. The van der Waals surface area contributed by atoms with Gasteiger partial charge in [0.25, 0.3) is 0 Å². The largest absolute Gasteiger partial charge is 0.362 e. The Bertz CT molecular complexity index is 418. The molecule has 0 aromatic heterocycles. The van der Waals surface area contributed by atoms with E-state index in [4.69, 9.17) is 17.5 Å². The Hall–Kier alpha value is -1.60. The van der Waals surface area contributed by atoms with Gasteiger partial charge in [0.15, 0.2) is 5.11 Å². The van der Waals surface area contributed by atoms with Crippen LogP contribution in [-0.4, -0.2) is 11.7 Å². The molecule has 0 atom stereocenters. The van der Waals surface area contributed by atoms with Crippen LogP contribution in [0.3, 0.4) is 0 Å². The van der Waals surface area contributed by atoms with Crippen LogP contribution in [-0.2, 0) is 6.42 Å². The quantitative estimate of drug-likeness (QED) is 0.800. The van der Waals surface area contributed by atoms with Crippen LogP contribution in [0.1, 0.15) is 25.8 Å². The number of nitrogens with zero attached hydrogens (tertiary/aromatic N) is 1. The second-order valence-electron chi connectivity index (χ2n) is 4.60. The molecule has 0 bridgehead atoms. The second-order valence-corrected chi connectivity index (χ2v) is 5.00. The molecule has 96 valence electrons. The third kappa shape index (κ3) is 5.65. The number of benzene rings is 1. The van der Waals surface area contributed by atoms with Gasteiger partial charge < -0.3 is 10.6 Å². The van der Waals surface area contributed by atoms with Gasteiger partial charge in [-0.05, 0) is 42.3 Å². The smallest absolute Gasteiger partial charge is 0.170 e. The SMILES string of the molecule is CC(C)CCNC(=S)Nc1ccc(CC#N)cc1. The van der Waals surface area contributed by atoms with E-state index >= 15 is 0 Å². The van der Waals surface area contributed by atoms with Crippen LogP contribution in [0.15, 0.2) is 24.3 Å². The first-order valence-electron chi connectivity index (χ1n) is 6.12. The van der Waals surface area contributed by atoms with Gasteiger partial charge >= 0.3 is 0 Å². The molecule has 1 aromatic rings. The van der Waals surface area contributed by atoms with E-state index in [1.165, 1.54) is 0 Å². The van der Waals surface area contributed by atoms with Crippen LogP contribution >= 0.6 is 12.2 Å². The number of rotatable bonds is 5. The van der Waals surface area contributed by atoms with Crippen LogP contribution < -0.4 is 10.6 Å². The van der Waals surface area contributed by atoms with E-state index < -0.39 is 0 Å². The van der Waals surface area contributed by atoms with Crippen molar-refractivity contribution in [3.8, 4) is 6.07 Å². The lowest BCUT2D eigenvalue weighted by Gasteiger charge is -2.11. The van der Waals surface area contributed by atoms with Crippen LogP contribution in [0.5, 0.6) is 0 Å². The fraction of sp³-hybridized carbons (Fsp3) is 0.429. The summed E-state index contributed by atoms with van der Waals surface area (Å²) >= 11 is 5.20. The summed E-state index contributed by atoms with van der Waals surface area (Å²) in [7, 11) is 0. The van der Waals surface area contributed by atoms with Crippen molar-refractivity contribution in [1.29, 1.82) is 5.26 Å². The summed E-state index contributed by atoms with van der Waals surface area (Å²) in [5, 5.41) is 15.5. The Morgan fingerprint density at radius 3 is 2.56 bits per heavy atom. The zero-order chi connectivity index (χ0) is 13.4. The van der Waals surface area contributed by atoms with Gasteiger partial charge in [-0.25, -0.2) is 0 Å². The number of hydrogen-bond acceptors (Lipinski definition) is 2. The van der Waals surface area contributed by atoms with Crippen molar-refractivity contribution < 1.29 is 0 Å². The first-order valence-corrected chi connectivity index (χ1v) is 6.53. The minimum Gasteiger partial charge on any atom is -0.362 e. The molecular weight excluding hydrogens is 242 g/mol. The molecule has 0 amide bonds. The van der Waals surface area contributed by atoms with Crippen molar-refractivity contribution in [2.24, 2.45) is 5.92 Å². The topological polar surface area (TPSA) is 47.8 Å². The van der Waals surface area contributed by atoms with E-state index in [0.717, 1.165) is 24.2 Å². The standard InChI is InChI=1S/C14H19N3S/c1-11(2)8-10-16-14(18)17-13-5-3-12(4-6-13)7-9-15/h3-6,11H,7-8,10H2,1-2H3,(H2,16,17,18). The molecule has 4 heteroatoms. The minimum absolute atomic E-state index is 0.442. The molecule has 0 saturated heterocycles. The van der Waals surface area contributed by atoms with Gasteiger partial charge in [-0.3, -0.25) is 0 Å². The van der Waals surface area contributed by atoms with E-state index in [2.05, 4.69) is 30.6 Å². The maximum Gasteiger partial charge on any atom is 0.170 e. The van der Waals surface area contributed by atoms with Crippen molar-refractivity contribution in [3.63, 3.8) is 0 Å². The number of hydrogen-bond donors (Lipinski definition) is 2. The maximum atomic E-state index is 8.58. The lowest BCUT2D eigenvalue weighted by molar-refractivity contribution is 0.579. The monoisotopic (exact) mass is 261 g/mol. The van der Waals surface area contributed by atoms with Crippen LogP contribution in [0.2, 0.25) is 0 Å². The summed E-state index contributed by atoms with van der Waals surface area (Å²) in [6.45, 7) is 5.26. The van der Waals surface area contributed by atoms with E-state index in [9.17, 15) is 0 Å². The lowest BCUT2D eigenvalue weighted by Crippen LogP contribution is -2.29. The van der Waals surface area contributed by atoms with Crippen molar-refractivity contribution in [3.05, 3.63) is 29.8 Å². The molecule has 0 spiro atoms. The highest BCUT2D eigenvalue weighted by atomic mass is 32.1. The third-order valence-electron chi connectivity index (χ3n) is 2.50. The Labute approximate surface area is 114 Å². The molecule has 0 radical (unpaired) electrons. The van der Waals surface area contributed by atoms with E-state index in [0.29, 0.717) is 17.5 Å². The third-order valence-corrected chi connectivity index (χ3v) is 2.75. The van der Waals surface area contributed by atoms with Gasteiger partial charge in [0.2, 0.25) is 0 Å². The van der Waals surface area contributed by atoms with Crippen molar-refractivity contribution >= 4 is 23.0 Å². The predicted octanol–water partition coefficient (Wildman–Crippen LogP) is 3.09. The van der Waals surface area contributed by atoms with Crippen LogP contribution in [0.4, 0.5) is 5.69 Å². The van der Waals surface area contributed by atoms with Crippen molar-refractivity contribution in [2.45, 2.75) is 26.7 Å². The Morgan fingerprint density at radius 1 is 1.33 bits per heavy atom. The van der Waals surface area contributed by atoms with E-state index in [1.54, 1.807) is 0 Å². The van der Waals surface area contributed by atoms with Gasteiger partial charge in [-0.1, -0.05) is 26.0 Å². The Balaban J connectivity index is 2.38. The van der Waals surface area contributed by atoms with E-state index in [1.807, 2.05) is 24.3 Å². The fourth-order valence-electron chi connectivity index (χ4n) is 1.45. The van der Waals surface area contributed by atoms with Gasteiger partial charge in [0.1, 0.15) is 0 Å². The number of nitrogens with one attached hydrogen (secondary N) is 2. The highest BCUT2D eigenvalue weighted by Gasteiger charge is 1.99. The van der Waals surface area contributed by atoms with Crippen molar-refractivity contribution in [1.82, 2.24) is 5.32 Å². The van der Waals surface area contributed by atoms with Gasteiger partial charge in [0, 0.05) is 12.2 Å². The molecule has 0 aliphatic rings. The zero-order valence-corrected chi connectivity index (χ0v) is 11.7. The van der Waals surface area contributed by atoms with Crippen LogP contribution in [0.25, 0.3) is 0 Å². The number of thiocarbonyl (C=S) groups is 1. The van der Waals surface area contributed by atoms with E-state index in [-0.39, 0.29) is 0 Å². The molecule has 1 aromatic carbocycles. The first kappa shape index (κ1) is 14.5. The molecule has 0 aliphatic carbocycles. The Kier molecular flexibility index (Phi) is 6.16. The Morgan fingerprint density at radius 2 is 2.00 bits per heavy atom. The molecule has 0 aliphatic heterocycles. The summed E-state index contributed by atoms with van der Waals surface area (Å²) < 4.78 is 0. The molecule has 18 heavy (non-hydrogen) atoms. The van der Waals surface area contributed by atoms with Crippen molar-refractivity contribution in [2.75, 3.05) is 11.9 Å². The molecule has 1 rings (SSSR count). The average Bonchev–Trinajstić information content (AvgIpc) is 2.31. The molecule has 0 heterocycles. The number of anilines is 1. The van der Waals surface area contributed by atoms with Gasteiger partial charge in [-0.15, -0.1) is 0 Å². The summed E-state index contributed by atoms with van der Waals surface area (Å²) in [5.74, 6) is 0.672. The normalized spacial score (nSPS) is 9.89. The number of nitriles is 1. The van der Waals surface area contributed by atoms with Gasteiger partial charge in [0.05, 0.1) is 12.5 Å². The fourth-order valence-corrected chi connectivity index (χ4v) is 1.67. The minimum atomic E-state index is 0.442. The molecule has 0 unspecified atom stereocenters. The van der Waals surface area contributed by atoms with Crippen LogP contribution in [0, 0.1) is 17.2 Å². The average molecular weight is 261 g/mol. The molecule has 3 nitrogen and oxygen atoms in total. The summed E-state index contributed by atoms with van der Waals surface area (Å²) in [6.07, 6.45) is 1.54. The second kappa shape index (κ2) is 7.67. The molecular formula is C14H19N3S. The predicted molar refractivity (Wildman–Crippen MR) is 79.4 cm³/mol. The summed E-state index contributed by atoms with van der Waals surface area (Å²) in [6, 6.07) is 9.86. The lowest BCUT2D eigenvalue weighted by atomic mass is 10.1. The zero-order valence-electron chi connectivity index (χ0n) is 10.9. The van der Waals surface area contributed by atoms with Gasteiger partial charge in [-0.2, -0.15) is 5.26 Å². The molecule has 2 N–H and O–H groups in total. The molecule has 0 saturated carbocycles. The maximum absolute atomic E-state index is 8.58. The highest BCUT2D eigenvalue weighted by molar-refractivity contribution is 7.80. The highest BCUT2D eigenvalue weighted by Crippen LogP contribution is 2.09.